The highest BCUT2D eigenvalue weighted by Gasteiger charge is 2.14. The number of rotatable bonds is 4. The molecular weight excluding hydrogens is 302 g/mol. The zero-order valence-corrected chi connectivity index (χ0v) is 13.5. The first kappa shape index (κ1) is 15.6. The van der Waals surface area contributed by atoms with Gasteiger partial charge in [0.1, 0.15) is 5.75 Å². The van der Waals surface area contributed by atoms with Crippen LogP contribution in [0, 0.1) is 18.3 Å². The molecule has 1 amide bonds. The number of aromatic amines is 1. The minimum Gasteiger partial charge on any atom is -0.496 e. The number of H-pyrrole nitrogens is 1. The van der Waals surface area contributed by atoms with E-state index in [-0.39, 0.29) is 5.91 Å². The van der Waals surface area contributed by atoms with Crippen LogP contribution < -0.4 is 10.1 Å². The van der Waals surface area contributed by atoms with Crippen molar-refractivity contribution in [3.63, 3.8) is 0 Å². The van der Waals surface area contributed by atoms with Gasteiger partial charge in [-0.1, -0.05) is 6.07 Å². The number of nitrogens with zero attached hydrogens (tertiary/aromatic N) is 1. The molecule has 0 aliphatic heterocycles. The van der Waals surface area contributed by atoms with Crippen LogP contribution in [-0.4, -0.2) is 18.0 Å². The largest absolute Gasteiger partial charge is 0.496 e. The lowest BCUT2D eigenvalue weighted by Crippen LogP contribution is -2.23. The van der Waals surface area contributed by atoms with Crippen molar-refractivity contribution in [2.24, 2.45) is 0 Å². The van der Waals surface area contributed by atoms with E-state index in [4.69, 9.17) is 10.00 Å². The van der Waals surface area contributed by atoms with Crippen molar-refractivity contribution in [2.45, 2.75) is 13.5 Å². The van der Waals surface area contributed by atoms with Gasteiger partial charge in [0.05, 0.1) is 18.7 Å². The molecule has 5 nitrogen and oxygen atoms in total. The molecule has 1 aromatic heterocycles. The summed E-state index contributed by atoms with van der Waals surface area (Å²) in [4.78, 5) is 15.6. The first-order chi connectivity index (χ1) is 11.6. The van der Waals surface area contributed by atoms with E-state index in [1.807, 2.05) is 31.3 Å². The second-order valence-electron chi connectivity index (χ2n) is 5.52. The molecule has 3 aromatic rings. The van der Waals surface area contributed by atoms with Gasteiger partial charge in [0, 0.05) is 34.8 Å². The SMILES string of the molecule is COc1cc(C)c2[nH]ccc2c1CNC(=O)c1cccc(C#N)c1. The topological polar surface area (TPSA) is 77.9 Å². The van der Waals surface area contributed by atoms with E-state index in [9.17, 15) is 4.79 Å². The second kappa shape index (κ2) is 6.47. The van der Waals surface area contributed by atoms with Gasteiger partial charge in [0.15, 0.2) is 0 Å². The number of carbonyl (C=O) groups is 1. The lowest BCUT2D eigenvalue weighted by Gasteiger charge is -2.13. The Balaban J connectivity index is 1.88. The highest BCUT2D eigenvalue weighted by molar-refractivity contribution is 5.95. The van der Waals surface area contributed by atoms with Gasteiger partial charge < -0.3 is 15.0 Å². The van der Waals surface area contributed by atoms with Crippen LogP contribution in [0.25, 0.3) is 10.9 Å². The Kier molecular flexibility index (Phi) is 4.21. The summed E-state index contributed by atoms with van der Waals surface area (Å²) in [6.45, 7) is 2.35. The number of methoxy groups -OCH3 is 1. The van der Waals surface area contributed by atoms with Gasteiger partial charge in [-0.2, -0.15) is 5.26 Å². The highest BCUT2D eigenvalue weighted by Crippen LogP contribution is 2.30. The Morgan fingerprint density at radius 2 is 2.17 bits per heavy atom. The van der Waals surface area contributed by atoms with E-state index in [2.05, 4.69) is 10.3 Å². The fraction of sp³-hybridized carbons (Fsp3) is 0.158. The zero-order chi connectivity index (χ0) is 17.1. The maximum Gasteiger partial charge on any atom is 0.251 e. The Hall–Kier alpha value is -3.26. The smallest absolute Gasteiger partial charge is 0.251 e. The predicted molar refractivity (Wildman–Crippen MR) is 91.9 cm³/mol. The van der Waals surface area contributed by atoms with Gasteiger partial charge >= 0.3 is 0 Å². The van der Waals surface area contributed by atoms with Crippen molar-refractivity contribution < 1.29 is 9.53 Å². The zero-order valence-electron chi connectivity index (χ0n) is 13.5. The van der Waals surface area contributed by atoms with Crippen LogP contribution in [-0.2, 0) is 6.54 Å². The number of aromatic nitrogens is 1. The molecule has 24 heavy (non-hydrogen) atoms. The number of amides is 1. The van der Waals surface area contributed by atoms with E-state index < -0.39 is 0 Å². The monoisotopic (exact) mass is 319 g/mol. The lowest BCUT2D eigenvalue weighted by atomic mass is 10.0. The molecule has 2 aromatic carbocycles. The number of ether oxygens (including phenoxy) is 1. The summed E-state index contributed by atoms with van der Waals surface area (Å²) in [5.41, 5.74) is 3.97. The molecule has 0 bridgehead atoms. The Morgan fingerprint density at radius 1 is 1.33 bits per heavy atom. The third-order valence-corrected chi connectivity index (χ3v) is 4.01. The molecule has 2 N–H and O–H groups in total. The molecule has 0 saturated heterocycles. The van der Waals surface area contributed by atoms with E-state index in [0.717, 1.165) is 27.8 Å². The van der Waals surface area contributed by atoms with Gasteiger partial charge in [-0.05, 0) is 42.8 Å². The number of hydrogen-bond donors (Lipinski definition) is 2. The van der Waals surface area contributed by atoms with E-state index in [1.54, 1.807) is 31.4 Å². The van der Waals surface area contributed by atoms with Crippen LogP contribution in [0.4, 0.5) is 0 Å². The standard InChI is InChI=1S/C19H17N3O2/c1-12-8-17(24-2)16(15-6-7-21-18(12)15)11-22-19(23)14-5-3-4-13(9-14)10-20/h3-9,21H,11H2,1-2H3,(H,22,23). The van der Waals surface area contributed by atoms with Crippen molar-refractivity contribution in [2.75, 3.05) is 7.11 Å². The van der Waals surface area contributed by atoms with E-state index in [1.165, 1.54) is 0 Å². The van der Waals surface area contributed by atoms with Crippen LogP contribution in [0.5, 0.6) is 5.75 Å². The average molecular weight is 319 g/mol. The average Bonchev–Trinajstić information content (AvgIpc) is 3.10. The van der Waals surface area contributed by atoms with Crippen LogP contribution >= 0.6 is 0 Å². The van der Waals surface area contributed by atoms with Crippen LogP contribution in [0.1, 0.15) is 27.0 Å². The van der Waals surface area contributed by atoms with Crippen molar-refractivity contribution in [3.8, 4) is 11.8 Å². The third-order valence-electron chi connectivity index (χ3n) is 4.01. The van der Waals surface area contributed by atoms with Crippen LogP contribution in [0.15, 0.2) is 42.6 Å². The molecule has 1 heterocycles. The summed E-state index contributed by atoms with van der Waals surface area (Å²) in [5.74, 6) is 0.518. The summed E-state index contributed by atoms with van der Waals surface area (Å²) < 4.78 is 5.47. The molecule has 0 spiro atoms. The Morgan fingerprint density at radius 3 is 2.92 bits per heavy atom. The summed E-state index contributed by atoms with van der Waals surface area (Å²) in [6, 6.07) is 12.6. The minimum atomic E-state index is -0.224. The van der Waals surface area contributed by atoms with Crippen LogP contribution in [0.2, 0.25) is 0 Å². The highest BCUT2D eigenvalue weighted by atomic mass is 16.5. The van der Waals surface area contributed by atoms with Gasteiger partial charge in [-0.15, -0.1) is 0 Å². The van der Waals surface area contributed by atoms with Crippen molar-refractivity contribution in [1.29, 1.82) is 5.26 Å². The molecule has 0 radical (unpaired) electrons. The first-order valence-corrected chi connectivity index (χ1v) is 7.56. The maximum atomic E-state index is 12.4. The molecule has 3 rings (SSSR count). The molecule has 0 unspecified atom stereocenters. The maximum absolute atomic E-state index is 12.4. The number of hydrogen-bond acceptors (Lipinski definition) is 3. The van der Waals surface area contributed by atoms with Gasteiger partial charge in [-0.25, -0.2) is 0 Å². The Bertz CT molecular complexity index is 951. The molecule has 0 aliphatic carbocycles. The third kappa shape index (κ3) is 2.82. The fourth-order valence-corrected chi connectivity index (χ4v) is 2.80. The normalized spacial score (nSPS) is 10.4. The molecule has 0 aliphatic rings. The number of nitrogens with one attached hydrogen (secondary N) is 2. The Labute approximate surface area is 139 Å². The van der Waals surface area contributed by atoms with E-state index in [0.29, 0.717) is 17.7 Å². The fourth-order valence-electron chi connectivity index (χ4n) is 2.80. The molecule has 5 heteroatoms. The number of aryl methyl sites for hydroxylation is 1. The molecule has 0 atom stereocenters. The van der Waals surface area contributed by atoms with Gasteiger partial charge in [0.25, 0.3) is 5.91 Å². The summed E-state index contributed by atoms with van der Waals surface area (Å²) in [6.07, 6.45) is 1.87. The number of fused-ring (bicyclic) bond motifs is 1. The predicted octanol–water partition coefficient (Wildman–Crippen LogP) is 3.29. The molecular formula is C19H17N3O2. The number of nitriles is 1. The molecule has 120 valence electrons. The number of carbonyl (C=O) groups excluding carboxylic acids is 1. The summed E-state index contributed by atoms with van der Waals surface area (Å²) >= 11 is 0. The molecule has 0 fully saturated rings. The van der Waals surface area contributed by atoms with Gasteiger partial charge in [0.2, 0.25) is 0 Å². The summed E-state index contributed by atoms with van der Waals surface area (Å²) in [7, 11) is 1.62. The lowest BCUT2D eigenvalue weighted by molar-refractivity contribution is 0.0951. The van der Waals surface area contributed by atoms with Crippen molar-refractivity contribution in [1.82, 2.24) is 10.3 Å². The minimum absolute atomic E-state index is 0.224. The van der Waals surface area contributed by atoms with Crippen molar-refractivity contribution >= 4 is 16.8 Å². The van der Waals surface area contributed by atoms with E-state index >= 15 is 0 Å². The quantitative estimate of drug-likeness (QED) is 0.774. The van der Waals surface area contributed by atoms with Gasteiger partial charge in [-0.3, -0.25) is 4.79 Å². The van der Waals surface area contributed by atoms with Crippen LogP contribution in [0.3, 0.4) is 0 Å². The first-order valence-electron chi connectivity index (χ1n) is 7.56. The van der Waals surface area contributed by atoms with Crippen molar-refractivity contribution in [3.05, 3.63) is 64.8 Å². The number of benzene rings is 2. The molecule has 0 saturated carbocycles. The summed E-state index contributed by atoms with van der Waals surface area (Å²) in [5, 5.41) is 12.9. The second-order valence-corrected chi connectivity index (χ2v) is 5.52.